The summed E-state index contributed by atoms with van der Waals surface area (Å²) in [7, 11) is 0. The van der Waals surface area contributed by atoms with E-state index in [0.717, 1.165) is 5.57 Å². The van der Waals surface area contributed by atoms with Crippen LogP contribution in [-0.4, -0.2) is 24.0 Å². The third kappa shape index (κ3) is 2.86. The van der Waals surface area contributed by atoms with E-state index < -0.39 is 11.3 Å². The number of halogens is 2. The van der Waals surface area contributed by atoms with Crippen LogP contribution in [0.15, 0.2) is 41.1 Å². The van der Waals surface area contributed by atoms with E-state index in [1.165, 1.54) is 0 Å². The third-order valence-electron chi connectivity index (χ3n) is 5.74. The number of nitriles is 3. The van der Waals surface area contributed by atoms with E-state index in [9.17, 15) is 15.8 Å². The third-order valence-corrected chi connectivity index (χ3v) is 6.57. The van der Waals surface area contributed by atoms with Gasteiger partial charge in [-0.3, -0.25) is 4.90 Å². The van der Waals surface area contributed by atoms with Crippen molar-refractivity contribution in [3.63, 3.8) is 0 Å². The van der Waals surface area contributed by atoms with Crippen molar-refractivity contribution in [2.24, 2.45) is 17.1 Å². The van der Waals surface area contributed by atoms with E-state index >= 15 is 0 Å². The molecule has 0 amide bonds. The molecule has 2 aliphatic rings. The van der Waals surface area contributed by atoms with Gasteiger partial charge >= 0.3 is 0 Å². The molecule has 3 rings (SSSR count). The van der Waals surface area contributed by atoms with Gasteiger partial charge in [0, 0.05) is 31.0 Å². The first-order chi connectivity index (χ1) is 13.3. The van der Waals surface area contributed by atoms with Gasteiger partial charge in [0.25, 0.3) is 0 Å². The highest BCUT2D eigenvalue weighted by Crippen LogP contribution is 2.55. The maximum atomic E-state index is 10.1. The molecule has 7 heteroatoms. The molecule has 142 valence electrons. The summed E-state index contributed by atoms with van der Waals surface area (Å²) in [4.78, 5) is 2.23. The van der Waals surface area contributed by atoms with Crippen molar-refractivity contribution >= 4 is 23.2 Å². The Morgan fingerprint density at radius 3 is 2.46 bits per heavy atom. The molecule has 1 aliphatic carbocycles. The van der Waals surface area contributed by atoms with Gasteiger partial charge in [0.2, 0.25) is 0 Å². The van der Waals surface area contributed by atoms with Crippen LogP contribution < -0.4 is 5.73 Å². The molecule has 1 heterocycles. The fourth-order valence-electron chi connectivity index (χ4n) is 4.23. The number of nitrogens with two attached hydrogens (primary N) is 1. The van der Waals surface area contributed by atoms with E-state index in [2.05, 4.69) is 37.0 Å². The van der Waals surface area contributed by atoms with Crippen molar-refractivity contribution in [2.75, 3.05) is 13.1 Å². The van der Waals surface area contributed by atoms with E-state index in [0.29, 0.717) is 28.7 Å². The molecule has 1 aromatic carbocycles. The van der Waals surface area contributed by atoms with Crippen molar-refractivity contribution in [1.29, 1.82) is 15.8 Å². The van der Waals surface area contributed by atoms with Crippen molar-refractivity contribution in [1.82, 2.24) is 4.90 Å². The quantitative estimate of drug-likeness (QED) is 0.787. The number of hydrogen-bond acceptors (Lipinski definition) is 5. The van der Waals surface area contributed by atoms with Crippen LogP contribution in [0.4, 0.5) is 0 Å². The second-order valence-corrected chi connectivity index (χ2v) is 8.15. The monoisotopic (exact) mass is 411 g/mol. The minimum Gasteiger partial charge on any atom is -0.399 e. The zero-order valence-electron chi connectivity index (χ0n) is 15.6. The average Bonchev–Trinajstić information content (AvgIpc) is 2.69. The van der Waals surface area contributed by atoms with Crippen LogP contribution in [0.1, 0.15) is 25.3 Å². The maximum absolute atomic E-state index is 10.1. The average molecular weight is 412 g/mol. The van der Waals surface area contributed by atoms with Gasteiger partial charge in [-0.2, -0.15) is 15.8 Å². The molecule has 0 bridgehead atoms. The van der Waals surface area contributed by atoms with Crippen molar-refractivity contribution in [2.45, 2.75) is 25.8 Å². The summed E-state index contributed by atoms with van der Waals surface area (Å²) in [5.41, 5.74) is 6.17. The second-order valence-electron chi connectivity index (χ2n) is 7.37. The van der Waals surface area contributed by atoms with Crippen LogP contribution in [0.5, 0.6) is 0 Å². The lowest BCUT2D eigenvalue weighted by molar-refractivity contribution is 0.174. The van der Waals surface area contributed by atoms with E-state index in [1.54, 1.807) is 18.2 Å². The summed E-state index contributed by atoms with van der Waals surface area (Å²) >= 11 is 12.8. The van der Waals surface area contributed by atoms with Crippen LogP contribution in [0.25, 0.3) is 0 Å². The number of nitrogens with zero attached hydrogens (tertiary/aromatic N) is 4. The number of benzene rings is 1. The van der Waals surface area contributed by atoms with E-state index in [4.69, 9.17) is 28.9 Å². The number of rotatable bonds is 2. The molecule has 1 unspecified atom stereocenters. The summed E-state index contributed by atoms with van der Waals surface area (Å²) in [6, 6.07) is 11.8. The summed E-state index contributed by atoms with van der Waals surface area (Å²) in [5.74, 6) is -0.924. The smallest absolute Gasteiger partial charge is 0.191 e. The lowest BCUT2D eigenvalue weighted by Crippen LogP contribution is -2.49. The Morgan fingerprint density at radius 2 is 1.89 bits per heavy atom. The zero-order valence-corrected chi connectivity index (χ0v) is 17.1. The fourth-order valence-corrected chi connectivity index (χ4v) is 4.65. The van der Waals surface area contributed by atoms with Crippen molar-refractivity contribution < 1.29 is 0 Å². The Labute approximate surface area is 174 Å². The lowest BCUT2D eigenvalue weighted by atomic mass is 9.58. The Balaban J connectivity index is 2.35. The summed E-state index contributed by atoms with van der Waals surface area (Å²) < 4.78 is 0. The summed E-state index contributed by atoms with van der Waals surface area (Å²) in [6.07, 6.45) is 1.98. The van der Waals surface area contributed by atoms with Gasteiger partial charge in [-0.25, -0.2) is 0 Å². The predicted molar refractivity (Wildman–Crippen MR) is 108 cm³/mol. The number of allylic oxidation sites excluding steroid dienone is 2. The second kappa shape index (κ2) is 7.50. The van der Waals surface area contributed by atoms with Crippen molar-refractivity contribution in [3.05, 3.63) is 56.7 Å². The molecular formula is C21H19Cl2N5. The first kappa shape index (κ1) is 20.2. The molecule has 2 atom stereocenters. The molecule has 28 heavy (non-hydrogen) atoms. The standard InChI is InChI=1S/C21H19Cl2N5/c1-12(2)28-7-6-13-15(8-24)20(27)21(10-25,11-26)18(16(13)9-28)14-4-3-5-17(22)19(14)23/h3-6,12,16,18H,7,9,27H2,1-2H3/t16?,18-/m0/s1. The van der Waals surface area contributed by atoms with Crippen LogP contribution >= 0.6 is 23.2 Å². The molecule has 0 spiro atoms. The molecular weight excluding hydrogens is 393 g/mol. The Bertz CT molecular complexity index is 989. The highest BCUT2D eigenvalue weighted by Gasteiger charge is 2.55. The van der Waals surface area contributed by atoms with Gasteiger partial charge in [-0.15, -0.1) is 0 Å². The predicted octanol–water partition coefficient (Wildman–Crippen LogP) is 4.13. The molecule has 1 aliphatic heterocycles. The number of hydrogen-bond donors (Lipinski definition) is 1. The van der Waals surface area contributed by atoms with E-state index in [-0.39, 0.29) is 23.2 Å². The highest BCUT2D eigenvalue weighted by atomic mass is 35.5. The van der Waals surface area contributed by atoms with Gasteiger partial charge in [0.05, 0.1) is 33.5 Å². The Hall–Kier alpha value is -2.49. The minimum atomic E-state index is -1.71. The topological polar surface area (TPSA) is 101 Å². The van der Waals surface area contributed by atoms with Crippen LogP contribution in [0.3, 0.4) is 0 Å². The van der Waals surface area contributed by atoms with Crippen LogP contribution in [0, 0.1) is 45.3 Å². The van der Waals surface area contributed by atoms with Gasteiger partial charge in [0.15, 0.2) is 5.41 Å². The van der Waals surface area contributed by atoms with Gasteiger partial charge < -0.3 is 5.73 Å². The largest absolute Gasteiger partial charge is 0.399 e. The Kier molecular flexibility index (Phi) is 5.42. The normalized spacial score (nSPS) is 24.0. The SMILES string of the molecule is CC(C)N1CC=C2C(C#N)=C(N)C(C#N)(C#N)[C@@H](c3cccc(Cl)c3Cl)C2C1. The molecule has 0 aromatic heterocycles. The van der Waals surface area contributed by atoms with Gasteiger partial charge in [-0.1, -0.05) is 41.4 Å². The highest BCUT2D eigenvalue weighted by molar-refractivity contribution is 6.42. The first-order valence-corrected chi connectivity index (χ1v) is 9.69. The molecule has 0 radical (unpaired) electrons. The van der Waals surface area contributed by atoms with Gasteiger partial charge in [0.1, 0.15) is 6.07 Å². The Morgan fingerprint density at radius 1 is 1.21 bits per heavy atom. The lowest BCUT2D eigenvalue weighted by Gasteiger charge is -2.46. The summed E-state index contributed by atoms with van der Waals surface area (Å²) in [6.45, 7) is 5.42. The molecule has 2 N–H and O–H groups in total. The number of fused-ring (bicyclic) bond motifs is 1. The molecule has 0 fully saturated rings. The minimum absolute atomic E-state index is 0.0125. The van der Waals surface area contributed by atoms with Crippen molar-refractivity contribution in [3.8, 4) is 18.2 Å². The first-order valence-electron chi connectivity index (χ1n) is 8.93. The maximum Gasteiger partial charge on any atom is 0.191 e. The van der Waals surface area contributed by atoms with Crippen LogP contribution in [-0.2, 0) is 0 Å². The molecule has 5 nitrogen and oxygen atoms in total. The molecule has 0 saturated heterocycles. The van der Waals surface area contributed by atoms with Crippen LogP contribution in [0.2, 0.25) is 10.0 Å². The van der Waals surface area contributed by atoms with Gasteiger partial charge in [-0.05, 0) is 31.1 Å². The van der Waals surface area contributed by atoms with E-state index in [1.807, 2.05) is 6.08 Å². The fraction of sp³-hybridized carbons (Fsp3) is 0.381. The zero-order chi connectivity index (χ0) is 20.6. The molecule has 0 saturated carbocycles. The molecule has 1 aromatic rings. The summed E-state index contributed by atoms with van der Waals surface area (Å²) in [5, 5.41) is 30.6.